The number of ether oxygens (including phenoxy) is 1. The third-order valence-corrected chi connectivity index (χ3v) is 4.21. The SMILES string of the molecule is CC(C)(C)[C@@H](N)C(=O)N1CCOC2CCCCC21. The normalized spacial score (nSPS) is 30.8. The van der Waals surface area contributed by atoms with Gasteiger partial charge in [0.25, 0.3) is 0 Å². The topological polar surface area (TPSA) is 55.6 Å². The third-order valence-electron chi connectivity index (χ3n) is 4.21. The van der Waals surface area contributed by atoms with Crippen molar-refractivity contribution in [1.82, 2.24) is 4.90 Å². The average Bonchev–Trinajstić information content (AvgIpc) is 2.35. The summed E-state index contributed by atoms with van der Waals surface area (Å²) >= 11 is 0. The Morgan fingerprint density at radius 3 is 2.67 bits per heavy atom. The number of hydrogen-bond acceptors (Lipinski definition) is 3. The lowest BCUT2D eigenvalue weighted by molar-refractivity contribution is -0.153. The molecule has 18 heavy (non-hydrogen) atoms. The fraction of sp³-hybridized carbons (Fsp3) is 0.929. The Morgan fingerprint density at radius 1 is 1.33 bits per heavy atom. The highest BCUT2D eigenvalue weighted by Gasteiger charge is 2.40. The maximum absolute atomic E-state index is 12.5. The van der Waals surface area contributed by atoms with Crippen molar-refractivity contribution in [3.05, 3.63) is 0 Å². The molecule has 2 aliphatic rings. The summed E-state index contributed by atoms with van der Waals surface area (Å²) in [6.45, 7) is 7.42. The number of carbonyl (C=O) groups excluding carboxylic acids is 1. The van der Waals surface area contributed by atoms with Gasteiger partial charge in [-0.25, -0.2) is 0 Å². The molecule has 0 spiro atoms. The lowest BCUT2D eigenvalue weighted by atomic mass is 9.84. The zero-order valence-electron chi connectivity index (χ0n) is 11.8. The van der Waals surface area contributed by atoms with E-state index in [-0.39, 0.29) is 23.5 Å². The third kappa shape index (κ3) is 2.69. The van der Waals surface area contributed by atoms with Crippen LogP contribution in [0.5, 0.6) is 0 Å². The Bertz CT molecular complexity index is 309. The summed E-state index contributed by atoms with van der Waals surface area (Å²) in [5.74, 6) is 0.0997. The number of nitrogens with zero attached hydrogens (tertiary/aromatic N) is 1. The summed E-state index contributed by atoms with van der Waals surface area (Å²) in [5, 5.41) is 0. The zero-order chi connectivity index (χ0) is 13.3. The van der Waals surface area contributed by atoms with Crippen LogP contribution in [0, 0.1) is 5.41 Å². The van der Waals surface area contributed by atoms with Crippen LogP contribution in [0.1, 0.15) is 46.5 Å². The van der Waals surface area contributed by atoms with Crippen LogP contribution in [-0.2, 0) is 9.53 Å². The summed E-state index contributed by atoms with van der Waals surface area (Å²) in [7, 11) is 0. The summed E-state index contributed by atoms with van der Waals surface area (Å²) in [4.78, 5) is 14.5. The Balaban J connectivity index is 2.09. The molecule has 0 bridgehead atoms. The summed E-state index contributed by atoms with van der Waals surface area (Å²) in [5.41, 5.74) is 5.93. The Kier molecular flexibility index (Phi) is 3.97. The van der Waals surface area contributed by atoms with Gasteiger partial charge in [-0.2, -0.15) is 0 Å². The van der Waals surface area contributed by atoms with Gasteiger partial charge in [0.2, 0.25) is 5.91 Å². The minimum absolute atomic E-state index is 0.0997. The molecule has 1 aliphatic heterocycles. The van der Waals surface area contributed by atoms with Gasteiger partial charge in [-0.3, -0.25) is 4.79 Å². The van der Waals surface area contributed by atoms with Crippen LogP contribution in [0.2, 0.25) is 0 Å². The van der Waals surface area contributed by atoms with Gasteiger partial charge in [-0.1, -0.05) is 33.6 Å². The zero-order valence-corrected chi connectivity index (χ0v) is 11.8. The summed E-state index contributed by atoms with van der Waals surface area (Å²) < 4.78 is 5.79. The molecule has 1 saturated heterocycles. The van der Waals surface area contributed by atoms with E-state index in [1.807, 2.05) is 25.7 Å². The number of hydrogen-bond donors (Lipinski definition) is 1. The highest BCUT2D eigenvalue weighted by Crippen LogP contribution is 2.30. The molecular weight excluding hydrogens is 228 g/mol. The van der Waals surface area contributed by atoms with Gasteiger partial charge in [0, 0.05) is 6.54 Å². The van der Waals surface area contributed by atoms with E-state index in [4.69, 9.17) is 10.5 Å². The monoisotopic (exact) mass is 254 g/mol. The average molecular weight is 254 g/mol. The van der Waals surface area contributed by atoms with E-state index >= 15 is 0 Å². The predicted octanol–water partition coefficient (Wildman–Crippen LogP) is 1.53. The van der Waals surface area contributed by atoms with Crippen LogP contribution >= 0.6 is 0 Å². The van der Waals surface area contributed by atoms with Crippen molar-refractivity contribution in [2.45, 2.75) is 64.6 Å². The number of rotatable bonds is 1. The molecule has 0 radical (unpaired) electrons. The van der Waals surface area contributed by atoms with E-state index in [2.05, 4.69) is 0 Å². The molecule has 2 N–H and O–H groups in total. The molecule has 2 rings (SSSR count). The molecule has 0 aromatic rings. The second kappa shape index (κ2) is 5.17. The minimum atomic E-state index is -0.418. The second-order valence-corrected chi connectivity index (χ2v) is 6.64. The lowest BCUT2D eigenvalue weighted by Crippen LogP contribution is -2.60. The van der Waals surface area contributed by atoms with Crippen LogP contribution in [0.3, 0.4) is 0 Å². The van der Waals surface area contributed by atoms with Gasteiger partial charge in [0.15, 0.2) is 0 Å². The van der Waals surface area contributed by atoms with Gasteiger partial charge < -0.3 is 15.4 Å². The molecule has 0 aromatic heterocycles. The highest BCUT2D eigenvalue weighted by molar-refractivity contribution is 5.83. The van der Waals surface area contributed by atoms with Crippen LogP contribution in [0.4, 0.5) is 0 Å². The van der Waals surface area contributed by atoms with Crippen molar-refractivity contribution in [1.29, 1.82) is 0 Å². The first kappa shape index (κ1) is 13.8. The maximum atomic E-state index is 12.5. The molecule has 1 heterocycles. The Labute approximate surface area is 110 Å². The summed E-state index contributed by atoms with van der Waals surface area (Å²) in [6, 6.07) is -0.161. The number of carbonyl (C=O) groups is 1. The van der Waals surface area contributed by atoms with Crippen LogP contribution in [0.15, 0.2) is 0 Å². The van der Waals surface area contributed by atoms with Crippen molar-refractivity contribution in [2.24, 2.45) is 11.1 Å². The fourth-order valence-corrected chi connectivity index (χ4v) is 2.92. The van der Waals surface area contributed by atoms with Crippen LogP contribution in [0.25, 0.3) is 0 Å². The van der Waals surface area contributed by atoms with Crippen molar-refractivity contribution in [3.8, 4) is 0 Å². The van der Waals surface area contributed by atoms with Crippen molar-refractivity contribution in [2.75, 3.05) is 13.2 Å². The highest BCUT2D eigenvalue weighted by atomic mass is 16.5. The standard InChI is InChI=1S/C14H26N2O2/c1-14(2,3)12(15)13(17)16-8-9-18-11-7-5-4-6-10(11)16/h10-12H,4-9,15H2,1-3H3/t10?,11?,12-/m0/s1. The van der Waals surface area contributed by atoms with Gasteiger partial charge in [0.05, 0.1) is 24.8 Å². The molecule has 1 aliphatic carbocycles. The lowest BCUT2D eigenvalue weighted by Gasteiger charge is -2.45. The molecule has 2 fully saturated rings. The van der Waals surface area contributed by atoms with Gasteiger partial charge in [0.1, 0.15) is 0 Å². The molecule has 1 amide bonds. The fourth-order valence-electron chi connectivity index (χ4n) is 2.92. The quantitative estimate of drug-likeness (QED) is 0.772. The smallest absolute Gasteiger partial charge is 0.240 e. The van der Waals surface area contributed by atoms with Crippen LogP contribution < -0.4 is 5.73 Å². The number of amides is 1. The number of nitrogens with two attached hydrogens (primary N) is 1. The minimum Gasteiger partial charge on any atom is -0.374 e. The maximum Gasteiger partial charge on any atom is 0.240 e. The molecule has 4 nitrogen and oxygen atoms in total. The number of fused-ring (bicyclic) bond motifs is 1. The molecule has 3 atom stereocenters. The molecule has 4 heteroatoms. The van der Waals surface area contributed by atoms with Crippen molar-refractivity contribution >= 4 is 5.91 Å². The Morgan fingerprint density at radius 2 is 2.00 bits per heavy atom. The molecule has 0 aromatic carbocycles. The van der Waals surface area contributed by atoms with E-state index in [9.17, 15) is 4.79 Å². The second-order valence-electron chi connectivity index (χ2n) is 6.64. The van der Waals surface area contributed by atoms with E-state index in [1.165, 1.54) is 12.8 Å². The number of morpholine rings is 1. The van der Waals surface area contributed by atoms with E-state index in [0.29, 0.717) is 13.2 Å². The first-order chi connectivity index (χ1) is 8.41. The van der Waals surface area contributed by atoms with Gasteiger partial charge >= 0.3 is 0 Å². The predicted molar refractivity (Wildman–Crippen MR) is 71.1 cm³/mol. The molecule has 104 valence electrons. The van der Waals surface area contributed by atoms with E-state index in [1.54, 1.807) is 0 Å². The largest absolute Gasteiger partial charge is 0.374 e. The molecule has 2 unspecified atom stereocenters. The molecular formula is C14H26N2O2. The summed E-state index contributed by atoms with van der Waals surface area (Å²) in [6.07, 6.45) is 4.80. The first-order valence-corrected chi connectivity index (χ1v) is 7.09. The van der Waals surface area contributed by atoms with E-state index < -0.39 is 6.04 Å². The van der Waals surface area contributed by atoms with Gasteiger partial charge in [-0.05, 0) is 18.3 Å². The Hall–Kier alpha value is -0.610. The first-order valence-electron chi connectivity index (χ1n) is 7.09. The van der Waals surface area contributed by atoms with Crippen LogP contribution in [-0.4, -0.2) is 42.1 Å². The van der Waals surface area contributed by atoms with Gasteiger partial charge in [-0.15, -0.1) is 0 Å². The van der Waals surface area contributed by atoms with Crippen molar-refractivity contribution < 1.29 is 9.53 Å². The molecule has 1 saturated carbocycles. The van der Waals surface area contributed by atoms with Crippen molar-refractivity contribution in [3.63, 3.8) is 0 Å². The van der Waals surface area contributed by atoms with E-state index in [0.717, 1.165) is 12.8 Å².